The van der Waals surface area contributed by atoms with E-state index in [0.717, 1.165) is 19.3 Å². The molecule has 21 heavy (non-hydrogen) atoms. The molecule has 1 spiro atoms. The number of hydrogen-bond donors (Lipinski definition) is 1. The Kier molecular flexibility index (Phi) is 3.61. The fraction of sp³-hybridized carbons (Fsp3) is 0.467. The van der Waals surface area contributed by atoms with Crippen molar-refractivity contribution in [1.82, 2.24) is 10.2 Å². The number of amides is 3. The lowest BCUT2D eigenvalue weighted by Crippen LogP contribution is -2.50. The number of urea groups is 1. The maximum Gasteiger partial charge on any atom is 0.325 e. The van der Waals surface area contributed by atoms with Crippen LogP contribution in [0.25, 0.3) is 0 Å². The van der Waals surface area contributed by atoms with Crippen LogP contribution in [0, 0.1) is 5.82 Å². The molecule has 0 aromatic heterocycles. The van der Waals surface area contributed by atoms with Crippen LogP contribution in [-0.2, 0) is 11.3 Å². The first-order valence-electron chi connectivity index (χ1n) is 7.10. The van der Waals surface area contributed by atoms with Gasteiger partial charge < -0.3 is 4.90 Å². The molecule has 0 bridgehead atoms. The third-order valence-corrected chi connectivity index (χ3v) is 4.74. The number of nitrogens with zero attached hydrogens (tertiary/aromatic N) is 1. The molecular weight excluding hydrogens is 295 g/mol. The number of carbonyl (C=O) groups is 2. The number of halogens is 2. The van der Waals surface area contributed by atoms with Crippen molar-refractivity contribution < 1.29 is 14.0 Å². The van der Waals surface area contributed by atoms with Gasteiger partial charge in [0.1, 0.15) is 11.4 Å². The highest BCUT2D eigenvalue weighted by atomic mass is 35.5. The smallest absolute Gasteiger partial charge is 0.305 e. The molecule has 1 saturated carbocycles. The van der Waals surface area contributed by atoms with Crippen LogP contribution in [-0.4, -0.2) is 22.4 Å². The molecule has 1 heterocycles. The molecule has 4 nitrogen and oxygen atoms in total. The summed E-state index contributed by atoms with van der Waals surface area (Å²) in [5.41, 5.74) is -0.485. The van der Waals surface area contributed by atoms with Gasteiger partial charge in [0.15, 0.2) is 0 Å². The Morgan fingerprint density at radius 1 is 1.24 bits per heavy atom. The lowest BCUT2D eigenvalue weighted by Gasteiger charge is -2.38. The van der Waals surface area contributed by atoms with Crippen LogP contribution in [0.1, 0.15) is 37.7 Å². The van der Waals surface area contributed by atoms with E-state index < -0.39 is 17.4 Å². The number of carbonyl (C=O) groups excluding carboxylic acids is 2. The van der Waals surface area contributed by atoms with Crippen molar-refractivity contribution in [2.45, 2.75) is 44.2 Å². The lowest BCUT2D eigenvalue weighted by atomic mass is 9.80. The molecular formula is C15H16ClFN2O2. The Bertz CT molecular complexity index is 599. The van der Waals surface area contributed by atoms with Crippen molar-refractivity contribution in [2.24, 2.45) is 0 Å². The summed E-state index contributed by atoms with van der Waals surface area (Å²) in [6.07, 6.45) is 4.12. The minimum atomic E-state index is -0.815. The summed E-state index contributed by atoms with van der Waals surface area (Å²) >= 11 is 5.78. The predicted molar refractivity (Wildman–Crippen MR) is 76.3 cm³/mol. The molecule has 3 amide bonds. The summed E-state index contributed by atoms with van der Waals surface area (Å²) in [5.74, 6) is -0.785. The molecule has 1 saturated heterocycles. The van der Waals surface area contributed by atoms with E-state index in [1.807, 2.05) is 0 Å². The summed E-state index contributed by atoms with van der Waals surface area (Å²) in [5, 5.41) is 2.40. The van der Waals surface area contributed by atoms with Gasteiger partial charge >= 0.3 is 6.03 Å². The largest absolute Gasteiger partial charge is 0.325 e. The zero-order valence-corrected chi connectivity index (χ0v) is 12.3. The van der Waals surface area contributed by atoms with Crippen LogP contribution in [0.5, 0.6) is 0 Å². The van der Waals surface area contributed by atoms with E-state index in [2.05, 4.69) is 5.32 Å². The molecule has 0 unspecified atom stereocenters. The van der Waals surface area contributed by atoms with E-state index in [-0.39, 0.29) is 17.5 Å². The van der Waals surface area contributed by atoms with Gasteiger partial charge in [-0.2, -0.15) is 0 Å². The minimum Gasteiger partial charge on any atom is -0.305 e. The molecule has 2 fully saturated rings. The van der Waals surface area contributed by atoms with Gasteiger partial charge in [-0.05, 0) is 18.9 Å². The summed E-state index contributed by atoms with van der Waals surface area (Å²) in [7, 11) is 0. The molecule has 112 valence electrons. The van der Waals surface area contributed by atoms with Crippen LogP contribution >= 0.6 is 11.6 Å². The van der Waals surface area contributed by atoms with Gasteiger partial charge in [0, 0.05) is 5.56 Å². The van der Waals surface area contributed by atoms with Gasteiger partial charge in [0.2, 0.25) is 0 Å². The van der Waals surface area contributed by atoms with Crippen molar-refractivity contribution in [3.8, 4) is 0 Å². The van der Waals surface area contributed by atoms with Crippen LogP contribution < -0.4 is 5.32 Å². The number of rotatable bonds is 2. The van der Waals surface area contributed by atoms with Crippen molar-refractivity contribution in [2.75, 3.05) is 0 Å². The highest BCUT2D eigenvalue weighted by Crippen LogP contribution is 2.38. The molecule has 0 atom stereocenters. The van der Waals surface area contributed by atoms with Gasteiger partial charge in [-0.15, -0.1) is 0 Å². The van der Waals surface area contributed by atoms with Gasteiger partial charge in [0.05, 0.1) is 11.6 Å². The van der Waals surface area contributed by atoms with Crippen LogP contribution in [0.15, 0.2) is 18.2 Å². The van der Waals surface area contributed by atoms with Crippen molar-refractivity contribution >= 4 is 23.5 Å². The van der Waals surface area contributed by atoms with E-state index in [9.17, 15) is 14.0 Å². The SMILES string of the molecule is O=C1NC(=O)C2(CCCCC2)N1Cc1cccc(Cl)c1F. The number of nitrogens with one attached hydrogen (secondary N) is 1. The van der Waals surface area contributed by atoms with Crippen molar-refractivity contribution in [3.05, 3.63) is 34.6 Å². The molecule has 3 rings (SSSR count). The zero-order chi connectivity index (χ0) is 15.0. The summed E-state index contributed by atoms with van der Waals surface area (Å²) in [6.45, 7) is 0.0595. The average molecular weight is 311 g/mol. The molecule has 1 N–H and O–H groups in total. The molecule has 1 aliphatic heterocycles. The van der Waals surface area contributed by atoms with Crippen LogP contribution in [0.4, 0.5) is 9.18 Å². The monoisotopic (exact) mass is 310 g/mol. The predicted octanol–water partition coefficient (Wildman–Crippen LogP) is 3.23. The standard InChI is InChI=1S/C15H16ClFN2O2/c16-11-6-4-5-10(12(11)17)9-19-14(21)18-13(20)15(19)7-2-1-3-8-15/h4-6H,1-3,7-9H2,(H,18,20,21). The first-order chi connectivity index (χ1) is 10.0. The molecule has 1 aliphatic carbocycles. The van der Waals surface area contributed by atoms with Gasteiger partial charge in [-0.3, -0.25) is 10.1 Å². The summed E-state index contributed by atoms with van der Waals surface area (Å²) in [6, 6.07) is 4.26. The maximum absolute atomic E-state index is 14.1. The number of hydrogen-bond acceptors (Lipinski definition) is 2. The van der Waals surface area contributed by atoms with E-state index in [1.54, 1.807) is 12.1 Å². The Labute approximate surface area is 127 Å². The lowest BCUT2D eigenvalue weighted by molar-refractivity contribution is -0.128. The van der Waals surface area contributed by atoms with E-state index in [4.69, 9.17) is 11.6 Å². The van der Waals surface area contributed by atoms with E-state index in [1.165, 1.54) is 11.0 Å². The fourth-order valence-corrected chi connectivity index (χ4v) is 3.49. The van der Waals surface area contributed by atoms with Crippen molar-refractivity contribution in [1.29, 1.82) is 0 Å². The number of imide groups is 1. The Morgan fingerprint density at radius 2 is 1.95 bits per heavy atom. The second kappa shape index (κ2) is 5.30. The quantitative estimate of drug-likeness (QED) is 0.853. The van der Waals surface area contributed by atoms with E-state index >= 15 is 0 Å². The zero-order valence-electron chi connectivity index (χ0n) is 11.5. The van der Waals surface area contributed by atoms with E-state index in [0.29, 0.717) is 18.4 Å². The fourth-order valence-electron chi connectivity index (χ4n) is 3.30. The average Bonchev–Trinajstić information content (AvgIpc) is 2.69. The highest BCUT2D eigenvalue weighted by molar-refractivity contribution is 6.30. The number of benzene rings is 1. The highest BCUT2D eigenvalue weighted by Gasteiger charge is 2.52. The Morgan fingerprint density at radius 3 is 2.67 bits per heavy atom. The normalized spacial score (nSPS) is 21.0. The second-order valence-electron chi connectivity index (χ2n) is 5.65. The first kappa shape index (κ1) is 14.3. The molecule has 6 heteroatoms. The van der Waals surface area contributed by atoms with Crippen LogP contribution in [0.3, 0.4) is 0 Å². The molecule has 1 aromatic carbocycles. The molecule has 2 aliphatic rings. The molecule has 0 radical (unpaired) electrons. The van der Waals surface area contributed by atoms with Crippen LogP contribution in [0.2, 0.25) is 5.02 Å². The Balaban J connectivity index is 1.93. The minimum absolute atomic E-state index is 0.0242. The Hall–Kier alpha value is -1.62. The van der Waals surface area contributed by atoms with Gasteiger partial charge in [-0.1, -0.05) is 43.0 Å². The van der Waals surface area contributed by atoms with Gasteiger partial charge in [-0.25, -0.2) is 9.18 Å². The molecule has 1 aromatic rings. The maximum atomic E-state index is 14.1. The summed E-state index contributed by atoms with van der Waals surface area (Å²) in [4.78, 5) is 25.8. The topological polar surface area (TPSA) is 49.4 Å². The third kappa shape index (κ3) is 2.29. The summed E-state index contributed by atoms with van der Waals surface area (Å²) < 4.78 is 14.1. The third-order valence-electron chi connectivity index (χ3n) is 4.45. The van der Waals surface area contributed by atoms with Gasteiger partial charge in [0.25, 0.3) is 5.91 Å². The first-order valence-corrected chi connectivity index (χ1v) is 7.48. The second-order valence-corrected chi connectivity index (χ2v) is 6.06. The van der Waals surface area contributed by atoms with Crippen molar-refractivity contribution in [3.63, 3.8) is 0 Å².